The Bertz CT molecular complexity index is 322. The number of carboxylic acids is 1. The quantitative estimate of drug-likeness (QED) is 0.730. The molecular formula is C10H21N3O2S2. The SMILES string of the molecule is CC(C)(C)N=NC(C)(C)NS(=S)CCC(=O)O. The molecule has 0 saturated heterocycles. The van der Waals surface area contributed by atoms with Crippen LogP contribution in [-0.2, 0) is 25.6 Å². The molecule has 0 radical (unpaired) electrons. The molecule has 0 aromatic rings. The average molecular weight is 279 g/mol. The highest BCUT2D eigenvalue weighted by atomic mass is 32.8. The molecule has 5 nitrogen and oxygen atoms in total. The third-order valence-corrected chi connectivity index (χ3v) is 3.52. The van der Waals surface area contributed by atoms with Gasteiger partial charge in [-0.05, 0) is 45.8 Å². The molecule has 0 aliphatic heterocycles. The maximum atomic E-state index is 10.4. The molecule has 1 unspecified atom stereocenters. The van der Waals surface area contributed by atoms with Crippen LogP contribution in [0.25, 0.3) is 0 Å². The number of carbonyl (C=O) groups is 1. The molecule has 0 aliphatic carbocycles. The zero-order valence-electron chi connectivity index (χ0n) is 11.0. The fraction of sp³-hybridized carbons (Fsp3) is 0.900. The van der Waals surface area contributed by atoms with Gasteiger partial charge in [0.15, 0.2) is 0 Å². The number of carboxylic acid groups (broad SMARTS) is 1. The van der Waals surface area contributed by atoms with Crippen molar-refractivity contribution >= 4 is 26.8 Å². The monoisotopic (exact) mass is 279 g/mol. The predicted molar refractivity (Wildman–Crippen MR) is 73.7 cm³/mol. The lowest BCUT2D eigenvalue weighted by Crippen LogP contribution is -2.39. The minimum absolute atomic E-state index is 0.0755. The molecule has 100 valence electrons. The van der Waals surface area contributed by atoms with Crippen LogP contribution in [0.2, 0.25) is 0 Å². The summed E-state index contributed by atoms with van der Waals surface area (Å²) in [6.07, 6.45) is 0.0755. The molecular weight excluding hydrogens is 258 g/mol. The smallest absolute Gasteiger partial charge is 0.304 e. The summed E-state index contributed by atoms with van der Waals surface area (Å²) in [6, 6.07) is 0. The van der Waals surface area contributed by atoms with Gasteiger partial charge < -0.3 is 5.11 Å². The Morgan fingerprint density at radius 1 is 1.29 bits per heavy atom. The van der Waals surface area contributed by atoms with Crippen molar-refractivity contribution in [3.63, 3.8) is 0 Å². The molecule has 0 saturated carbocycles. The van der Waals surface area contributed by atoms with Crippen LogP contribution in [0.5, 0.6) is 0 Å². The Morgan fingerprint density at radius 2 is 1.82 bits per heavy atom. The number of azo groups is 1. The van der Waals surface area contributed by atoms with Crippen LogP contribution >= 0.6 is 0 Å². The highest BCUT2D eigenvalue weighted by Crippen LogP contribution is 2.13. The van der Waals surface area contributed by atoms with E-state index in [0.29, 0.717) is 5.75 Å². The van der Waals surface area contributed by atoms with Crippen LogP contribution in [0, 0.1) is 0 Å². The first kappa shape index (κ1) is 16.6. The maximum absolute atomic E-state index is 10.4. The summed E-state index contributed by atoms with van der Waals surface area (Å²) in [5.74, 6) is -0.401. The van der Waals surface area contributed by atoms with Crippen molar-refractivity contribution in [3.05, 3.63) is 0 Å². The average Bonchev–Trinajstić information content (AvgIpc) is 2.10. The molecule has 0 spiro atoms. The van der Waals surface area contributed by atoms with Crippen molar-refractivity contribution in [2.75, 3.05) is 5.75 Å². The standard InChI is InChI=1S/C10H21N3O2S2/c1-9(2,3)11-12-10(4,5)13-17(16)7-6-8(14)15/h13H,6-7H2,1-5H3,(H,14,15). The zero-order chi connectivity index (χ0) is 13.7. The van der Waals surface area contributed by atoms with Gasteiger partial charge in [-0.3, -0.25) is 4.79 Å². The zero-order valence-corrected chi connectivity index (χ0v) is 12.6. The normalized spacial score (nSPS) is 15.1. The number of nitrogens with one attached hydrogen (secondary N) is 1. The van der Waals surface area contributed by atoms with Crippen LogP contribution in [0.1, 0.15) is 41.0 Å². The predicted octanol–water partition coefficient (Wildman–Crippen LogP) is 2.03. The molecule has 0 rings (SSSR count). The van der Waals surface area contributed by atoms with Gasteiger partial charge in [0.25, 0.3) is 0 Å². The molecule has 0 fully saturated rings. The fourth-order valence-electron chi connectivity index (χ4n) is 0.805. The lowest BCUT2D eigenvalue weighted by molar-refractivity contribution is -0.136. The van der Waals surface area contributed by atoms with Crippen LogP contribution in [0.4, 0.5) is 0 Å². The van der Waals surface area contributed by atoms with Gasteiger partial charge in [-0.1, -0.05) is 9.64 Å². The van der Waals surface area contributed by atoms with Crippen molar-refractivity contribution in [2.24, 2.45) is 10.2 Å². The molecule has 0 aromatic heterocycles. The first-order valence-electron chi connectivity index (χ1n) is 5.34. The Morgan fingerprint density at radius 3 is 2.24 bits per heavy atom. The first-order valence-corrected chi connectivity index (χ1v) is 7.66. The van der Waals surface area contributed by atoms with Crippen molar-refractivity contribution in [1.82, 2.24) is 4.72 Å². The third-order valence-electron chi connectivity index (χ3n) is 1.46. The number of rotatable bonds is 6. The van der Waals surface area contributed by atoms with E-state index in [1.54, 1.807) is 0 Å². The van der Waals surface area contributed by atoms with E-state index in [4.69, 9.17) is 16.3 Å². The van der Waals surface area contributed by atoms with E-state index in [2.05, 4.69) is 15.0 Å². The minimum Gasteiger partial charge on any atom is -0.481 e. The Kier molecular flexibility index (Phi) is 6.36. The van der Waals surface area contributed by atoms with E-state index in [-0.39, 0.29) is 12.0 Å². The van der Waals surface area contributed by atoms with Crippen molar-refractivity contribution < 1.29 is 9.90 Å². The van der Waals surface area contributed by atoms with Gasteiger partial charge in [-0.15, -0.1) is 0 Å². The van der Waals surface area contributed by atoms with E-state index >= 15 is 0 Å². The highest BCUT2D eigenvalue weighted by Gasteiger charge is 2.19. The number of hydrogen-bond donors (Lipinski definition) is 2. The summed E-state index contributed by atoms with van der Waals surface area (Å²) < 4.78 is 3.10. The fourth-order valence-corrected chi connectivity index (χ4v) is 2.73. The molecule has 1 atom stereocenters. The van der Waals surface area contributed by atoms with Gasteiger partial charge in [0, 0.05) is 5.75 Å². The van der Waals surface area contributed by atoms with Crippen LogP contribution in [-0.4, -0.2) is 28.0 Å². The molecule has 0 heterocycles. The van der Waals surface area contributed by atoms with Crippen LogP contribution in [0.15, 0.2) is 10.2 Å². The molecule has 0 bridgehead atoms. The summed E-state index contributed by atoms with van der Waals surface area (Å²) in [5.41, 5.74) is -0.781. The lowest BCUT2D eigenvalue weighted by atomic mass is 10.1. The molecule has 7 heteroatoms. The van der Waals surface area contributed by atoms with Gasteiger partial charge in [-0.25, -0.2) is 4.72 Å². The van der Waals surface area contributed by atoms with Crippen molar-refractivity contribution in [3.8, 4) is 0 Å². The van der Waals surface area contributed by atoms with Crippen molar-refractivity contribution in [1.29, 1.82) is 0 Å². The number of hydrogen-bond acceptors (Lipinski definition) is 4. The van der Waals surface area contributed by atoms with Gasteiger partial charge in [0.05, 0.1) is 12.0 Å². The molecule has 0 amide bonds. The number of nitrogens with zero attached hydrogens (tertiary/aromatic N) is 2. The molecule has 0 aromatic carbocycles. The molecule has 2 N–H and O–H groups in total. The largest absolute Gasteiger partial charge is 0.481 e. The summed E-state index contributed by atoms with van der Waals surface area (Å²) in [6.45, 7) is 9.63. The highest BCUT2D eigenvalue weighted by molar-refractivity contribution is 8.27. The molecule has 17 heavy (non-hydrogen) atoms. The first-order chi connectivity index (χ1) is 7.52. The van der Waals surface area contributed by atoms with Gasteiger partial charge in [0.1, 0.15) is 5.66 Å². The third kappa shape index (κ3) is 10.5. The number of aliphatic carboxylic acids is 1. The summed E-state index contributed by atoms with van der Waals surface area (Å²) in [4.78, 5) is 10.4. The van der Waals surface area contributed by atoms with E-state index in [1.165, 1.54) is 0 Å². The molecule has 0 aliphatic rings. The van der Waals surface area contributed by atoms with E-state index < -0.39 is 21.3 Å². The second kappa shape index (κ2) is 6.51. The van der Waals surface area contributed by atoms with E-state index in [0.717, 1.165) is 0 Å². The Balaban J connectivity index is 4.30. The van der Waals surface area contributed by atoms with Gasteiger partial charge in [-0.2, -0.15) is 10.2 Å². The van der Waals surface area contributed by atoms with E-state index in [1.807, 2.05) is 34.6 Å². The topological polar surface area (TPSA) is 74.0 Å². The second-order valence-corrected chi connectivity index (χ2v) is 7.74. The van der Waals surface area contributed by atoms with Crippen LogP contribution < -0.4 is 4.72 Å². The lowest BCUT2D eigenvalue weighted by Gasteiger charge is -2.22. The Labute approximate surface area is 110 Å². The van der Waals surface area contributed by atoms with Crippen LogP contribution in [0.3, 0.4) is 0 Å². The Hall–Kier alpha value is -0.400. The minimum atomic E-state index is -0.830. The summed E-state index contributed by atoms with van der Waals surface area (Å²) in [7, 11) is -0.590. The van der Waals surface area contributed by atoms with Gasteiger partial charge in [0.2, 0.25) is 0 Å². The summed E-state index contributed by atoms with van der Waals surface area (Å²) >= 11 is 5.16. The second-order valence-electron chi connectivity index (χ2n) is 5.23. The van der Waals surface area contributed by atoms with E-state index in [9.17, 15) is 4.79 Å². The maximum Gasteiger partial charge on any atom is 0.304 e. The van der Waals surface area contributed by atoms with Crippen molar-refractivity contribution in [2.45, 2.75) is 52.2 Å². The van der Waals surface area contributed by atoms with Gasteiger partial charge >= 0.3 is 5.97 Å². The summed E-state index contributed by atoms with van der Waals surface area (Å²) in [5, 5.41) is 16.9.